The number of rotatable bonds is 6. The van der Waals surface area contributed by atoms with E-state index in [2.05, 4.69) is 0 Å². The maximum Gasteiger partial charge on any atom is 0.323 e. The lowest BCUT2D eigenvalue weighted by atomic mass is 10.3. The summed E-state index contributed by atoms with van der Waals surface area (Å²) in [5, 5.41) is 0.0628. The van der Waals surface area contributed by atoms with Gasteiger partial charge in [0.2, 0.25) is 11.8 Å². The molecule has 1 aromatic carbocycles. The first-order chi connectivity index (χ1) is 11.3. The number of esters is 1. The number of carbonyl (C=O) groups excluding carboxylic acids is 3. The molecular formula is C15H16Cl2N2O4S. The Morgan fingerprint density at radius 1 is 1.38 bits per heavy atom. The molecule has 1 aromatic rings. The minimum atomic E-state index is -0.840. The van der Waals surface area contributed by atoms with Gasteiger partial charge in [-0.3, -0.25) is 14.4 Å². The largest absolute Gasteiger partial charge is 0.465 e. The Morgan fingerprint density at radius 3 is 2.58 bits per heavy atom. The molecule has 1 aliphatic rings. The van der Waals surface area contributed by atoms with Gasteiger partial charge in [0.05, 0.1) is 17.5 Å². The molecule has 2 rings (SSSR count). The number of thioether (sulfide) groups is 1. The van der Waals surface area contributed by atoms with Gasteiger partial charge in [-0.2, -0.15) is 0 Å². The van der Waals surface area contributed by atoms with Crippen LogP contribution in [0.25, 0.3) is 0 Å². The highest BCUT2D eigenvalue weighted by Gasteiger charge is 2.40. The van der Waals surface area contributed by atoms with E-state index >= 15 is 0 Å². The summed E-state index contributed by atoms with van der Waals surface area (Å²) in [7, 11) is 0. The normalized spacial score (nSPS) is 18.8. The molecular weight excluding hydrogens is 375 g/mol. The number of nitrogens with two attached hydrogens (primary N) is 1. The van der Waals surface area contributed by atoms with Crippen LogP contribution in [0.5, 0.6) is 0 Å². The quantitative estimate of drug-likeness (QED) is 0.591. The molecule has 1 saturated heterocycles. The second kappa shape index (κ2) is 8.20. The third kappa shape index (κ3) is 4.42. The van der Waals surface area contributed by atoms with Gasteiger partial charge in [-0.15, -0.1) is 11.8 Å². The monoisotopic (exact) mass is 390 g/mol. The summed E-state index contributed by atoms with van der Waals surface area (Å²) in [5.74, 6) is -1.06. The van der Waals surface area contributed by atoms with E-state index in [1.807, 2.05) is 0 Å². The van der Waals surface area contributed by atoms with Gasteiger partial charge in [0, 0.05) is 22.2 Å². The maximum absolute atomic E-state index is 12.5. The molecule has 0 spiro atoms. The molecule has 0 saturated carbocycles. The number of hydrogen-bond donors (Lipinski definition) is 1. The highest BCUT2D eigenvalue weighted by Crippen LogP contribution is 2.33. The number of ether oxygens (including phenoxy) is 1. The zero-order valence-corrected chi connectivity index (χ0v) is 15.2. The van der Waals surface area contributed by atoms with Gasteiger partial charge in [0.15, 0.2) is 0 Å². The lowest BCUT2D eigenvalue weighted by Crippen LogP contribution is -2.36. The minimum Gasteiger partial charge on any atom is -0.465 e. The van der Waals surface area contributed by atoms with E-state index in [4.69, 9.17) is 33.7 Å². The number of carbonyl (C=O) groups is 3. The van der Waals surface area contributed by atoms with Crippen LogP contribution in [0.15, 0.2) is 18.2 Å². The third-order valence-electron chi connectivity index (χ3n) is 3.28. The number of nitrogens with zero attached hydrogens (tertiary/aromatic N) is 1. The van der Waals surface area contributed by atoms with E-state index in [1.54, 1.807) is 6.92 Å². The molecule has 24 heavy (non-hydrogen) atoms. The highest BCUT2D eigenvalue weighted by molar-refractivity contribution is 8.00. The summed E-state index contributed by atoms with van der Waals surface area (Å²) < 4.78 is 4.81. The standard InChI is InChI=1S/C15H16Cl2N2O4S/c1-2-23-15(22)11(18)7-24-12-6-13(20)19(14(12)21)10-4-8(16)3-9(17)5-10/h3-5,11-12H,2,6-7,18H2,1H3/t11-,12-/m0/s1. The maximum atomic E-state index is 12.5. The van der Waals surface area contributed by atoms with Gasteiger partial charge in [0.25, 0.3) is 0 Å². The zero-order valence-electron chi connectivity index (χ0n) is 12.8. The molecule has 2 amide bonds. The molecule has 0 bridgehead atoms. The van der Waals surface area contributed by atoms with Crippen LogP contribution < -0.4 is 10.6 Å². The predicted molar refractivity (Wildman–Crippen MR) is 94.4 cm³/mol. The Hall–Kier alpha value is -1.28. The van der Waals surface area contributed by atoms with E-state index in [0.29, 0.717) is 15.7 Å². The van der Waals surface area contributed by atoms with Crippen LogP contribution in [-0.4, -0.2) is 41.4 Å². The van der Waals surface area contributed by atoms with Crippen molar-refractivity contribution in [2.45, 2.75) is 24.6 Å². The molecule has 1 aliphatic heterocycles. The van der Waals surface area contributed by atoms with Gasteiger partial charge >= 0.3 is 5.97 Å². The molecule has 0 radical (unpaired) electrons. The van der Waals surface area contributed by atoms with E-state index in [9.17, 15) is 14.4 Å². The molecule has 0 aromatic heterocycles. The van der Waals surface area contributed by atoms with Crippen molar-refractivity contribution in [1.29, 1.82) is 0 Å². The molecule has 0 aliphatic carbocycles. The van der Waals surface area contributed by atoms with Crippen molar-refractivity contribution in [1.82, 2.24) is 0 Å². The fraction of sp³-hybridized carbons (Fsp3) is 0.400. The average molecular weight is 391 g/mol. The van der Waals surface area contributed by atoms with E-state index < -0.39 is 17.3 Å². The van der Waals surface area contributed by atoms with Crippen molar-refractivity contribution in [2.24, 2.45) is 5.73 Å². The molecule has 1 fully saturated rings. The SMILES string of the molecule is CCOC(=O)[C@@H](N)CS[C@H]1CC(=O)N(c2cc(Cl)cc(Cl)c2)C1=O. The van der Waals surface area contributed by atoms with Gasteiger partial charge in [-0.05, 0) is 25.1 Å². The summed E-state index contributed by atoms with van der Waals surface area (Å²) in [6.07, 6.45) is 0.0309. The number of imide groups is 1. The summed E-state index contributed by atoms with van der Waals surface area (Å²) in [6.45, 7) is 1.92. The Bertz CT molecular complexity index is 651. The fourth-order valence-corrected chi connectivity index (χ4v) is 3.81. The van der Waals surface area contributed by atoms with Crippen molar-refractivity contribution in [3.63, 3.8) is 0 Å². The van der Waals surface area contributed by atoms with Crippen molar-refractivity contribution in [3.8, 4) is 0 Å². The van der Waals surface area contributed by atoms with Crippen molar-refractivity contribution >= 4 is 58.4 Å². The summed E-state index contributed by atoms with van der Waals surface area (Å²) in [6, 6.07) is 3.68. The highest BCUT2D eigenvalue weighted by atomic mass is 35.5. The second-order valence-corrected chi connectivity index (χ2v) is 7.19. The average Bonchev–Trinajstić information content (AvgIpc) is 2.78. The van der Waals surface area contributed by atoms with Crippen LogP contribution in [0.2, 0.25) is 10.0 Å². The van der Waals surface area contributed by atoms with Gasteiger partial charge in [0.1, 0.15) is 6.04 Å². The molecule has 2 N–H and O–H groups in total. The lowest BCUT2D eigenvalue weighted by molar-refractivity contribution is -0.144. The van der Waals surface area contributed by atoms with Crippen molar-refractivity contribution in [3.05, 3.63) is 28.2 Å². The van der Waals surface area contributed by atoms with Crippen LogP contribution in [0, 0.1) is 0 Å². The zero-order chi connectivity index (χ0) is 17.9. The molecule has 6 nitrogen and oxygen atoms in total. The molecule has 2 atom stereocenters. The Balaban J connectivity index is 2.05. The Kier molecular flexibility index (Phi) is 6.51. The molecule has 9 heteroatoms. The van der Waals surface area contributed by atoms with E-state index in [1.165, 1.54) is 18.2 Å². The predicted octanol–water partition coefficient (Wildman–Crippen LogP) is 2.25. The van der Waals surface area contributed by atoms with Gasteiger partial charge in [-0.1, -0.05) is 23.2 Å². The van der Waals surface area contributed by atoms with E-state index in [-0.39, 0.29) is 30.6 Å². The van der Waals surface area contributed by atoms with Crippen molar-refractivity contribution in [2.75, 3.05) is 17.3 Å². The first-order valence-electron chi connectivity index (χ1n) is 7.20. The Morgan fingerprint density at radius 2 is 2.00 bits per heavy atom. The molecule has 1 heterocycles. The number of hydrogen-bond acceptors (Lipinski definition) is 6. The summed E-state index contributed by atoms with van der Waals surface area (Å²) in [4.78, 5) is 37.2. The van der Waals surface area contributed by atoms with Crippen LogP contribution in [0.4, 0.5) is 5.69 Å². The second-order valence-electron chi connectivity index (χ2n) is 5.08. The fourth-order valence-electron chi connectivity index (χ4n) is 2.21. The number of amides is 2. The summed E-state index contributed by atoms with van der Waals surface area (Å²) >= 11 is 13.0. The Labute approximate surface area is 153 Å². The first kappa shape index (κ1) is 19.1. The smallest absolute Gasteiger partial charge is 0.323 e. The van der Waals surface area contributed by atoms with Crippen LogP contribution in [0.3, 0.4) is 0 Å². The topological polar surface area (TPSA) is 89.7 Å². The number of halogens is 2. The minimum absolute atomic E-state index is 0.0309. The third-order valence-corrected chi connectivity index (χ3v) is 5.04. The van der Waals surface area contributed by atoms with Crippen molar-refractivity contribution < 1.29 is 19.1 Å². The van der Waals surface area contributed by atoms with Crippen LogP contribution in [0.1, 0.15) is 13.3 Å². The lowest BCUT2D eigenvalue weighted by Gasteiger charge is -2.16. The van der Waals surface area contributed by atoms with Crippen LogP contribution in [-0.2, 0) is 19.1 Å². The van der Waals surface area contributed by atoms with Crippen LogP contribution >= 0.6 is 35.0 Å². The molecule has 130 valence electrons. The first-order valence-corrected chi connectivity index (χ1v) is 9.00. The number of benzene rings is 1. The van der Waals surface area contributed by atoms with Gasteiger partial charge < -0.3 is 10.5 Å². The molecule has 0 unspecified atom stereocenters. The summed E-state index contributed by atoms with van der Waals surface area (Å²) in [5.41, 5.74) is 6.04. The number of anilines is 1. The van der Waals surface area contributed by atoms with E-state index in [0.717, 1.165) is 16.7 Å². The van der Waals surface area contributed by atoms with Gasteiger partial charge in [-0.25, -0.2) is 4.90 Å².